The molecule has 1 aromatic carbocycles. The Hall–Kier alpha value is -2.40. The minimum atomic E-state index is 0.664. The van der Waals surface area contributed by atoms with Crippen LogP contribution in [-0.4, -0.2) is 33.5 Å². The predicted molar refractivity (Wildman–Crippen MR) is 87.6 cm³/mol. The summed E-state index contributed by atoms with van der Waals surface area (Å²) in [7, 11) is 0. The van der Waals surface area contributed by atoms with Crippen LogP contribution in [0.3, 0.4) is 0 Å². The molecule has 0 saturated heterocycles. The first-order chi connectivity index (χ1) is 10.7. The molecular formula is C16H14ClN5. The van der Waals surface area contributed by atoms with Crippen LogP contribution in [0.5, 0.6) is 0 Å². The number of halogens is 1. The second kappa shape index (κ2) is 5.10. The van der Waals surface area contributed by atoms with E-state index in [0.717, 1.165) is 41.4 Å². The highest BCUT2D eigenvalue weighted by Gasteiger charge is 2.17. The summed E-state index contributed by atoms with van der Waals surface area (Å²) in [5.41, 5.74) is 3.72. The molecule has 2 aromatic heterocycles. The molecule has 6 heteroatoms. The molecule has 0 amide bonds. The fourth-order valence-corrected chi connectivity index (χ4v) is 2.78. The van der Waals surface area contributed by atoms with Crippen LogP contribution in [0.2, 0.25) is 5.02 Å². The van der Waals surface area contributed by atoms with Crippen molar-refractivity contribution in [3.8, 4) is 11.4 Å². The molecule has 1 N–H and O–H groups in total. The molecule has 3 aromatic rings. The molecule has 110 valence electrons. The van der Waals surface area contributed by atoms with Gasteiger partial charge in [0, 0.05) is 22.8 Å². The molecule has 3 heterocycles. The van der Waals surface area contributed by atoms with E-state index in [4.69, 9.17) is 16.6 Å². The van der Waals surface area contributed by atoms with Crippen molar-refractivity contribution in [2.75, 3.05) is 13.1 Å². The summed E-state index contributed by atoms with van der Waals surface area (Å²) in [6.45, 7) is 3.67. The molecule has 0 unspecified atom stereocenters. The van der Waals surface area contributed by atoms with Crippen molar-refractivity contribution in [2.45, 2.75) is 6.92 Å². The third-order valence-electron chi connectivity index (χ3n) is 3.69. The summed E-state index contributed by atoms with van der Waals surface area (Å²) in [5, 5.41) is 8.59. The number of aliphatic imine (C=N–C) groups is 1. The first-order valence-electron chi connectivity index (χ1n) is 7.13. The molecule has 1 aliphatic rings. The summed E-state index contributed by atoms with van der Waals surface area (Å²) in [4.78, 5) is 9.19. The number of aryl methyl sites for hydroxylation is 1. The first-order valence-corrected chi connectivity index (χ1v) is 7.51. The number of benzene rings is 1. The Labute approximate surface area is 132 Å². The smallest absolute Gasteiger partial charge is 0.182 e. The van der Waals surface area contributed by atoms with E-state index in [1.165, 1.54) is 0 Å². The zero-order valence-electron chi connectivity index (χ0n) is 12.0. The van der Waals surface area contributed by atoms with E-state index in [9.17, 15) is 0 Å². The molecule has 22 heavy (non-hydrogen) atoms. The van der Waals surface area contributed by atoms with Gasteiger partial charge in [-0.25, -0.2) is 9.50 Å². The topological polar surface area (TPSA) is 54.6 Å². The van der Waals surface area contributed by atoms with Crippen LogP contribution in [0, 0.1) is 6.92 Å². The summed E-state index contributed by atoms with van der Waals surface area (Å²) in [6.07, 6.45) is 0. The van der Waals surface area contributed by atoms with E-state index in [1.807, 2.05) is 47.8 Å². The zero-order chi connectivity index (χ0) is 15.1. The standard InChI is InChI=1S/C16H14ClN5/c1-10-5-6-13(15-18-7-8-19-15)16-20-14(21-22(10)16)11-3-2-4-12(17)9-11/h2-6,9H,7-8H2,1H3,(H,18,19). The van der Waals surface area contributed by atoms with Crippen LogP contribution in [0.1, 0.15) is 11.3 Å². The Morgan fingerprint density at radius 2 is 2.14 bits per heavy atom. The number of aromatic nitrogens is 3. The first kappa shape index (κ1) is 13.3. The van der Waals surface area contributed by atoms with Gasteiger partial charge in [-0.05, 0) is 31.2 Å². The maximum Gasteiger partial charge on any atom is 0.182 e. The number of hydrogen-bond acceptors (Lipinski definition) is 4. The Morgan fingerprint density at radius 3 is 2.91 bits per heavy atom. The SMILES string of the molecule is Cc1ccc(C2=NCCN2)c2nc(-c3cccc(Cl)c3)nn12. The number of fused-ring (bicyclic) bond motifs is 1. The highest BCUT2D eigenvalue weighted by Crippen LogP contribution is 2.22. The maximum absolute atomic E-state index is 6.07. The van der Waals surface area contributed by atoms with E-state index in [1.54, 1.807) is 0 Å². The van der Waals surface area contributed by atoms with Gasteiger partial charge in [-0.1, -0.05) is 23.7 Å². The van der Waals surface area contributed by atoms with Crippen LogP contribution < -0.4 is 5.32 Å². The van der Waals surface area contributed by atoms with E-state index < -0.39 is 0 Å². The summed E-state index contributed by atoms with van der Waals surface area (Å²) >= 11 is 6.07. The fourth-order valence-electron chi connectivity index (χ4n) is 2.59. The van der Waals surface area contributed by atoms with Gasteiger partial charge in [0.2, 0.25) is 0 Å². The lowest BCUT2D eigenvalue weighted by Gasteiger charge is -2.05. The molecule has 0 bridgehead atoms. The number of nitrogens with one attached hydrogen (secondary N) is 1. The summed E-state index contributed by atoms with van der Waals surface area (Å²) in [5.74, 6) is 1.55. The largest absolute Gasteiger partial charge is 0.368 e. The molecule has 0 spiro atoms. The van der Waals surface area contributed by atoms with Crippen molar-refractivity contribution < 1.29 is 0 Å². The molecular weight excluding hydrogens is 298 g/mol. The average Bonchev–Trinajstić information content (AvgIpc) is 3.17. The van der Waals surface area contributed by atoms with E-state index in [0.29, 0.717) is 10.8 Å². The van der Waals surface area contributed by atoms with Crippen LogP contribution >= 0.6 is 11.6 Å². The minimum Gasteiger partial charge on any atom is -0.368 e. The van der Waals surface area contributed by atoms with Gasteiger partial charge in [-0.2, -0.15) is 0 Å². The highest BCUT2D eigenvalue weighted by atomic mass is 35.5. The Morgan fingerprint density at radius 1 is 1.23 bits per heavy atom. The monoisotopic (exact) mass is 311 g/mol. The molecule has 5 nitrogen and oxygen atoms in total. The molecule has 1 aliphatic heterocycles. The van der Waals surface area contributed by atoms with Gasteiger partial charge in [0.25, 0.3) is 0 Å². The Balaban J connectivity index is 1.93. The molecule has 0 aliphatic carbocycles. The quantitative estimate of drug-likeness (QED) is 0.791. The van der Waals surface area contributed by atoms with Crippen LogP contribution in [0.15, 0.2) is 41.4 Å². The molecule has 0 radical (unpaired) electrons. The number of amidine groups is 1. The number of pyridine rings is 1. The van der Waals surface area contributed by atoms with E-state index in [-0.39, 0.29) is 0 Å². The third-order valence-corrected chi connectivity index (χ3v) is 3.92. The third kappa shape index (κ3) is 2.14. The lowest BCUT2D eigenvalue weighted by Crippen LogP contribution is -2.20. The van der Waals surface area contributed by atoms with Crippen LogP contribution in [-0.2, 0) is 0 Å². The van der Waals surface area contributed by atoms with Crippen LogP contribution in [0.25, 0.3) is 17.0 Å². The number of rotatable bonds is 2. The van der Waals surface area contributed by atoms with Gasteiger partial charge in [0.15, 0.2) is 11.5 Å². The number of hydrogen-bond donors (Lipinski definition) is 1. The van der Waals surface area contributed by atoms with Crippen molar-refractivity contribution in [3.05, 3.63) is 52.7 Å². The second-order valence-corrected chi connectivity index (χ2v) is 5.66. The van der Waals surface area contributed by atoms with E-state index in [2.05, 4.69) is 15.4 Å². The average molecular weight is 312 g/mol. The predicted octanol–water partition coefficient (Wildman–Crippen LogP) is 2.71. The highest BCUT2D eigenvalue weighted by molar-refractivity contribution is 6.30. The minimum absolute atomic E-state index is 0.664. The molecule has 0 saturated carbocycles. The van der Waals surface area contributed by atoms with Crippen molar-refractivity contribution in [3.63, 3.8) is 0 Å². The summed E-state index contributed by atoms with van der Waals surface area (Å²) < 4.78 is 1.86. The van der Waals surface area contributed by atoms with Crippen molar-refractivity contribution >= 4 is 23.1 Å². The van der Waals surface area contributed by atoms with E-state index >= 15 is 0 Å². The second-order valence-electron chi connectivity index (χ2n) is 5.23. The van der Waals surface area contributed by atoms with Crippen LogP contribution in [0.4, 0.5) is 0 Å². The van der Waals surface area contributed by atoms with Crippen molar-refractivity contribution in [1.82, 2.24) is 19.9 Å². The molecule has 0 fully saturated rings. The Bertz CT molecular complexity index is 897. The molecule has 4 rings (SSSR count). The lowest BCUT2D eigenvalue weighted by molar-refractivity contribution is 0.915. The normalized spacial score (nSPS) is 14.2. The summed E-state index contributed by atoms with van der Waals surface area (Å²) in [6, 6.07) is 11.6. The number of nitrogens with zero attached hydrogens (tertiary/aromatic N) is 4. The van der Waals surface area contributed by atoms with Gasteiger partial charge in [-0.3, -0.25) is 4.99 Å². The van der Waals surface area contributed by atoms with Crippen molar-refractivity contribution in [2.24, 2.45) is 4.99 Å². The van der Waals surface area contributed by atoms with Gasteiger partial charge in [0.1, 0.15) is 5.84 Å². The van der Waals surface area contributed by atoms with Gasteiger partial charge in [-0.15, -0.1) is 5.10 Å². The van der Waals surface area contributed by atoms with Gasteiger partial charge in [0.05, 0.1) is 12.1 Å². The Kier molecular flexibility index (Phi) is 3.08. The lowest BCUT2D eigenvalue weighted by atomic mass is 10.2. The van der Waals surface area contributed by atoms with Gasteiger partial charge >= 0.3 is 0 Å². The van der Waals surface area contributed by atoms with Crippen molar-refractivity contribution in [1.29, 1.82) is 0 Å². The zero-order valence-corrected chi connectivity index (χ0v) is 12.8. The molecule has 0 atom stereocenters. The van der Waals surface area contributed by atoms with Gasteiger partial charge < -0.3 is 5.32 Å². The fraction of sp³-hybridized carbons (Fsp3) is 0.188. The maximum atomic E-state index is 6.07.